The van der Waals surface area contributed by atoms with Gasteiger partial charge in [0.1, 0.15) is 11.4 Å². The molecule has 0 saturated carbocycles. The number of thioether (sulfide) groups is 1. The van der Waals surface area contributed by atoms with Gasteiger partial charge in [-0.05, 0) is 38.3 Å². The highest BCUT2D eigenvalue weighted by molar-refractivity contribution is 8.00. The van der Waals surface area contributed by atoms with E-state index in [0.717, 1.165) is 46.7 Å². The molecule has 1 amide bonds. The van der Waals surface area contributed by atoms with Crippen LogP contribution in [0.25, 0.3) is 16.7 Å². The number of amides is 1. The predicted octanol–water partition coefficient (Wildman–Crippen LogP) is 3.82. The molecule has 1 aromatic carbocycles. The molecule has 0 bridgehead atoms. The molecule has 0 aliphatic heterocycles. The summed E-state index contributed by atoms with van der Waals surface area (Å²) in [4.78, 5) is 23.4. The average Bonchev–Trinajstić information content (AvgIpc) is 3.38. The highest BCUT2D eigenvalue weighted by Crippen LogP contribution is 2.27. The normalized spacial score (nSPS) is 13.7. The molecular formula is C20H21N5OS. The van der Waals surface area contributed by atoms with E-state index in [9.17, 15) is 4.79 Å². The summed E-state index contributed by atoms with van der Waals surface area (Å²) in [6.07, 6.45) is 8.68. The third-order valence-corrected chi connectivity index (χ3v) is 5.63. The summed E-state index contributed by atoms with van der Waals surface area (Å²) in [6.45, 7) is 2.73. The number of allylic oxidation sites excluding steroid dienone is 2. The van der Waals surface area contributed by atoms with Crippen LogP contribution in [0.3, 0.4) is 0 Å². The standard InChI is InChI=1S/C20H21N5OS/c1-2-24(15-8-6-7-9-15)18(26)13-27-20-17-12-23-25(19(17)21-14-22-20)16-10-4-3-5-11-16/h3-5,8,10-12,14H,2,6-7,9,13H2,1H3. The van der Waals surface area contributed by atoms with Gasteiger partial charge in [0, 0.05) is 12.2 Å². The van der Waals surface area contributed by atoms with Crippen LogP contribution in [0.1, 0.15) is 26.2 Å². The van der Waals surface area contributed by atoms with Gasteiger partial charge in [0.25, 0.3) is 0 Å². The molecule has 1 aliphatic carbocycles. The van der Waals surface area contributed by atoms with Gasteiger partial charge < -0.3 is 4.90 Å². The Kier molecular flexibility index (Phi) is 5.20. The van der Waals surface area contributed by atoms with E-state index in [-0.39, 0.29) is 5.91 Å². The molecule has 4 rings (SSSR count). The van der Waals surface area contributed by atoms with Crippen molar-refractivity contribution in [2.45, 2.75) is 31.2 Å². The summed E-state index contributed by atoms with van der Waals surface area (Å²) >= 11 is 1.45. The van der Waals surface area contributed by atoms with Crippen molar-refractivity contribution in [2.75, 3.05) is 12.3 Å². The number of fused-ring (bicyclic) bond motifs is 1. The van der Waals surface area contributed by atoms with Crippen LogP contribution in [0.5, 0.6) is 0 Å². The fraction of sp³-hybridized carbons (Fsp3) is 0.300. The number of nitrogens with zero attached hydrogens (tertiary/aromatic N) is 5. The van der Waals surface area contributed by atoms with E-state index in [2.05, 4.69) is 21.1 Å². The first kappa shape index (κ1) is 17.7. The van der Waals surface area contributed by atoms with E-state index in [4.69, 9.17) is 0 Å². The van der Waals surface area contributed by atoms with Gasteiger partial charge in [-0.25, -0.2) is 14.6 Å². The molecule has 0 unspecified atom stereocenters. The minimum absolute atomic E-state index is 0.123. The lowest BCUT2D eigenvalue weighted by atomic mass is 10.3. The van der Waals surface area contributed by atoms with Gasteiger partial charge in [0.05, 0.1) is 23.0 Å². The monoisotopic (exact) mass is 379 g/mol. The molecule has 1 aliphatic rings. The number of carbonyl (C=O) groups excluding carboxylic acids is 1. The lowest BCUT2D eigenvalue weighted by Crippen LogP contribution is -2.31. The largest absolute Gasteiger partial charge is 0.316 e. The summed E-state index contributed by atoms with van der Waals surface area (Å²) in [5, 5.41) is 6.11. The van der Waals surface area contributed by atoms with Crippen molar-refractivity contribution < 1.29 is 4.79 Å². The highest BCUT2D eigenvalue weighted by atomic mass is 32.2. The van der Waals surface area contributed by atoms with Crippen LogP contribution in [-0.2, 0) is 4.79 Å². The van der Waals surface area contributed by atoms with Gasteiger partial charge in [0.2, 0.25) is 5.91 Å². The fourth-order valence-corrected chi connectivity index (χ4v) is 4.18. The second-order valence-corrected chi connectivity index (χ2v) is 7.29. The minimum Gasteiger partial charge on any atom is -0.316 e. The quantitative estimate of drug-likeness (QED) is 0.481. The van der Waals surface area contributed by atoms with Gasteiger partial charge in [0.15, 0.2) is 5.65 Å². The van der Waals surface area contributed by atoms with Crippen LogP contribution >= 0.6 is 11.8 Å². The van der Waals surface area contributed by atoms with Crippen molar-refractivity contribution in [3.05, 3.63) is 54.6 Å². The summed E-state index contributed by atoms with van der Waals surface area (Å²) in [6, 6.07) is 9.87. The molecule has 27 heavy (non-hydrogen) atoms. The number of aromatic nitrogens is 4. The Balaban J connectivity index is 1.54. The maximum absolute atomic E-state index is 12.7. The van der Waals surface area contributed by atoms with E-state index < -0.39 is 0 Å². The Morgan fingerprint density at radius 1 is 1.26 bits per heavy atom. The lowest BCUT2D eigenvalue weighted by Gasteiger charge is -2.22. The third kappa shape index (κ3) is 3.60. The first-order chi connectivity index (χ1) is 13.3. The van der Waals surface area contributed by atoms with E-state index in [1.807, 2.05) is 42.2 Å². The topological polar surface area (TPSA) is 63.9 Å². The first-order valence-corrected chi connectivity index (χ1v) is 10.1. The molecule has 0 radical (unpaired) electrons. The molecule has 6 nitrogen and oxygen atoms in total. The molecule has 0 N–H and O–H groups in total. The number of para-hydroxylation sites is 1. The number of carbonyl (C=O) groups is 1. The predicted molar refractivity (Wildman–Crippen MR) is 107 cm³/mol. The van der Waals surface area contributed by atoms with E-state index >= 15 is 0 Å². The Hall–Kier alpha value is -2.67. The van der Waals surface area contributed by atoms with Crippen LogP contribution in [0.4, 0.5) is 0 Å². The fourth-order valence-electron chi connectivity index (χ4n) is 3.34. The molecule has 2 heterocycles. The SMILES string of the molecule is CCN(C(=O)CSc1ncnc2c1cnn2-c1ccccc1)C1=CCCC1. The van der Waals surface area contributed by atoms with E-state index in [1.165, 1.54) is 18.1 Å². The van der Waals surface area contributed by atoms with Crippen LogP contribution < -0.4 is 0 Å². The maximum atomic E-state index is 12.7. The molecular weight excluding hydrogens is 358 g/mol. The van der Waals surface area contributed by atoms with Gasteiger partial charge >= 0.3 is 0 Å². The van der Waals surface area contributed by atoms with Crippen molar-refractivity contribution in [2.24, 2.45) is 0 Å². The molecule has 0 atom stereocenters. The Bertz CT molecular complexity index is 982. The third-order valence-electron chi connectivity index (χ3n) is 4.64. The molecule has 7 heteroatoms. The van der Waals surface area contributed by atoms with Crippen LogP contribution in [0, 0.1) is 0 Å². The van der Waals surface area contributed by atoms with Crippen molar-refractivity contribution in [1.82, 2.24) is 24.6 Å². The summed E-state index contributed by atoms with van der Waals surface area (Å²) < 4.78 is 1.80. The maximum Gasteiger partial charge on any atom is 0.237 e. The summed E-state index contributed by atoms with van der Waals surface area (Å²) in [5.74, 6) is 0.478. The van der Waals surface area contributed by atoms with Gasteiger partial charge in [-0.1, -0.05) is 36.0 Å². The molecule has 3 aromatic rings. The van der Waals surface area contributed by atoms with Gasteiger partial charge in [-0.2, -0.15) is 5.10 Å². The minimum atomic E-state index is 0.123. The second-order valence-electron chi connectivity index (χ2n) is 6.32. The smallest absolute Gasteiger partial charge is 0.237 e. The van der Waals surface area contributed by atoms with E-state index in [0.29, 0.717) is 12.3 Å². The van der Waals surface area contributed by atoms with Crippen LogP contribution in [0.15, 0.2) is 59.7 Å². The molecule has 0 fully saturated rings. The summed E-state index contributed by atoms with van der Waals surface area (Å²) in [5.41, 5.74) is 2.85. The van der Waals surface area contributed by atoms with Crippen LogP contribution in [-0.4, -0.2) is 42.9 Å². The number of benzene rings is 1. The Labute approximate surface area is 162 Å². The molecule has 2 aromatic heterocycles. The average molecular weight is 379 g/mol. The van der Waals surface area contributed by atoms with Gasteiger partial charge in [-0.3, -0.25) is 4.79 Å². The van der Waals surface area contributed by atoms with Crippen molar-refractivity contribution >= 4 is 28.7 Å². The molecule has 0 spiro atoms. The van der Waals surface area contributed by atoms with Gasteiger partial charge in [-0.15, -0.1) is 0 Å². The Morgan fingerprint density at radius 2 is 2.11 bits per heavy atom. The van der Waals surface area contributed by atoms with Crippen molar-refractivity contribution in [3.8, 4) is 5.69 Å². The number of hydrogen-bond donors (Lipinski definition) is 0. The number of rotatable bonds is 6. The Morgan fingerprint density at radius 3 is 2.85 bits per heavy atom. The van der Waals surface area contributed by atoms with E-state index in [1.54, 1.807) is 10.9 Å². The number of hydrogen-bond acceptors (Lipinski definition) is 5. The zero-order chi connectivity index (χ0) is 18.6. The van der Waals surface area contributed by atoms with Crippen LogP contribution in [0.2, 0.25) is 0 Å². The highest BCUT2D eigenvalue weighted by Gasteiger charge is 2.20. The zero-order valence-electron chi connectivity index (χ0n) is 15.2. The zero-order valence-corrected chi connectivity index (χ0v) is 16.0. The summed E-state index contributed by atoms with van der Waals surface area (Å²) in [7, 11) is 0. The second kappa shape index (κ2) is 7.92. The molecule has 0 saturated heterocycles. The first-order valence-electron chi connectivity index (χ1n) is 9.14. The van der Waals surface area contributed by atoms with Crippen molar-refractivity contribution in [1.29, 1.82) is 0 Å². The lowest BCUT2D eigenvalue weighted by molar-refractivity contribution is -0.126. The van der Waals surface area contributed by atoms with Crippen molar-refractivity contribution in [3.63, 3.8) is 0 Å². The molecule has 138 valence electrons.